The highest BCUT2D eigenvalue weighted by atomic mass is 16.5. The fourth-order valence-corrected chi connectivity index (χ4v) is 8.27. The first-order valence-electron chi connectivity index (χ1n) is 21.2. The van der Waals surface area contributed by atoms with Crippen molar-refractivity contribution in [1.29, 1.82) is 10.5 Å². The Hall–Kier alpha value is -6.67. The Kier molecular flexibility index (Phi) is 13.6. The molecule has 0 saturated carbocycles. The van der Waals surface area contributed by atoms with Gasteiger partial charge in [-0.15, -0.1) is 0 Å². The molecule has 2 aliphatic rings. The van der Waals surface area contributed by atoms with Gasteiger partial charge in [0.2, 0.25) is 11.6 Å². The van der Waals surface area contributed by atoms with Crippen molar-refractivity contribution in [2.45, 2.75) is 97.9 Å². The van der Waals surface area contributed by atoms with Crippen molar-refractivity contribution < 1.29 is 23.3 Å². The molecule has 1 N–H and O–H groups in total. The topological polar surface area (TPSA) is 176 Å². The van der Waals surface area contributed by atoms with Gasteiger partial charge in [-0.2, -0.15) is 20.5 Å². The van der Waals surface area contributed by atoms with Crippen molar-refractivity contribution in [2.24, 2.45) is 0 Å². The quantitative estimate of drug-likeness (QED) is 0.110. The molecular formula is C49H52N8O5. The maximum absolute atomic E-state index is 11.6. The third-order valence-corrected chi connectivity index (χ3v) is 10.9. The van der Waals surface area contributed by atoms with Crippen LogP contribution in [0.1, 0.15) is 106 Å². The molecule has 13 heteroatoms. The summed E-state index contributed by atoms with van der Waals surface area (Å²) in [6.07, 6.45) is 5.00. The van der Waals surface area contributed by atoms with E-state index >= 15 is 0 Å². The molecule has 2 aliphatic carbocycles. The summed E-state index contributed by atoms with van der Waals surface area (Å²) < 4.78 is 22.5. The number of Topliss-reactive ketones (excluding diaryl/α,β-unsaturated/α-hetero) is 1. The number of likely N-dealkylation sites (N-methyl/N-ethyl adjacent to an activating group) is 1. The Morgan fingerprint density at radius 1 is 0.790 bits per heavy atom. The molecule has 8 rings (SSSR count). The Morgan fingerprint density at radius 3 is 1.81 bits per heavy atom. The van der Waals surface area contributed by atoms with Crippen LogP contribution in [-0.4, -0.2) is 63.3 Å². The highest BCUT2D eigenvalue weighted by molar-refractivity contribution is 5.77. The summed E-state index contributed by atoms with van der Waals surface area (Å²) in [6, 6.07) is 28.0. The van der Waals surface area contributed by atoms with E-state index in [1.807, 2.05) is 59.0 Å². The number of ketones is 1. The lowest BCUT2D eigenvalue weighted by atomic mass is 10.0. The second kappa shape index (κ2) is 19.4. The molecule has 0 amide bonds. The van der Waals surface area contributed by atoms with Crippen molar-refractivity contribution in [2.75, 3.05) is 20.1 Å². The minimum Gasteiger partial charge on any atom is -0.490 e. The average molecular weight is 833 g/mol. The molecule has 13 nitrogen and oxygen atoms in total. The molecule has 318 valence electrons. The number of hydrogen-bond donors (Lipinski definition) is 1. The van der Waals surface area contributed by atoms with Gasteiger partial charge in [-0.1, -0.05) is 53.6 Å². The van der Waals surface area contributed by atoms with Crippen LogP contribution in [0.25, 0.3) is 45.7 Å². The number of carbonyl (C=O) groups is 1. The van der Waals surface area contributed by atoms with Gasteiger partial charge in [-0.3, -0.25) is 9.69 Å². The van der Waals surface area contributed by atoms with E-state index in [1.54, 1.807) is 31.2 Å². The van der Waals surface area contributed by atoms with Gasteiger partial charge in [-0.25, -0.2) is 0 Å². The fourth-order valence-electron chi connectivity index (χ4n) is 8.27. The van der Waals surface area contributed by atoms with Crippen molar-refractivity contribution in [3.8, 4) is 69.3 Å². The first-order chi connectivity index (χ1) is 30.0. The second-order valence-electron chi connectivity index (χ2n) is 16.3. The average Bonchev–Trinajstić information content (AvgIpc) is 4.09. The number of ether oxygens (including phenoxy) is 2. The Balaban J connectivity index is 0.000000187. The highest BCUT2D eigenvalue weighted by Gasteiger charge is 2.30. The third-order valence-electron chi connectivity index (χ3n) is 10.9. The van der Waals surface area contributed by atoms with Gasteiger partial charge < -0.3 is 23.8 Å². The molecule has 0 fully saturated rings. The Bertz CT molecular complexity index is 2630. The summed E-state index contributed by atoms with van der Waals surface area (Å²) in [7, 11) is 1.99. The van der Waals surface area contributed by atoms with Crippen molar-refractivity contribution >= 4 is 5.78 Å². The molecule has 0 unspecified atom stereocenters. The monoisotopic (exact) mass is 832 g/mol. The van der Waals surface area contributed by atoms with Crippen molar-refractivity contribution in [3.63, 3.8) is 0 Å². The van der Waals surface area contributed by atoms with Crippen LogP contribution in [0.2, 0.25) is 0 Å². The number of rotatable bonds is 14. The van der Waals surface area contributed by atoms with Crippen LogP contribution in [0.3, 0.4) is 0 Å². The molecule has 0 aliphatic heterocycles. The number of hydrogen-bond acceptors (Lipinski definition) is 13. The van der Waals surface area contributed by atoms with E-state index in [4.69, 9.17) is 18.5 Å². The van der Waals surface area contributed by atoms with Crippen LogP contribution in [0, 0.1) is 22.7 Å². The zero-order chi connectivity index (χ0) is 43.9. The minimum atomic E-state index is -0.0264. The number of aromatic nitrogens is 4. The normalized spacial score (nSPS) is 15.2. The Morgan fingerprint density at radius 2 is 1.31 bits per heavy atom. The van der Waals surface area contributed by atoms with Crippen LogP contribution < -0.4 is 14.8 Å². The molecule has 6 aromatic rings. The number of nitrogens with zero attached hydrogens (tertiary/aromatic N) is 7. The standard InChI is InChI=1S/C25H26N4O3.C24H26N4O2/c1-15(2)31-23-11-8-17(12-18(23)13-26)25-27-24(28-32-25)21-7-5-6-20-19(21)9-10-22(20)29(4)14-16(3)30;1-4-12-26-21-10-9-18-19(21)6-5-7-20(18)23-27-24(30-28-23)16-8-11-22(29-15(2)3)17(13-16)14-25/h5-8,11-12,15,22H,9-10,14H2,1-4H3;5-8,11,13,15,21,26H,4,9-10,12H2,1-3H3/t22-;21-/m01/s1. The molecule has 0 radical (unpaired) electrons. The van der Waals surface area contributed by atoms with Crippen molar-refractivity contribution in [3.05, 3.63) is 106 Å². The highest BCUT2D eigenvalue weighted by Crippen LogP contribution is 2.41. The van der Waals surface area contributed by atoms with Gasteiger partial charge in [0, 0.05) is 34.3 Å². The maximum Gasteiger partial charge on any atom is 0.258 e. The van der Waals surface area contributed by atoms with Crippen LogP contribution >= 0.6 is 0 Å². The van der Waals surface area contributed by atoms with E-state index in [-0.39, 0.29) is 24.0 Å². The lowest BCUT2D eigenvalue weighted by Gasteiger charge is -2.24. The molecule has 0 bridgehead atoms. The molecule has 2 aromatic heterocycles. The summed E-state index contributed by atoms with van der Waals surface area (Å²) in [5.74, 6) is 3.10. The second-order valence-corrected chi connectivity index (χ2v) is 16.3. The lowest BCUT2D eigenvalue weighted by molar-refractivity contribution is -0.118. The molecular weight excluding hydrogens is 781 g/mol. The smallest absolute Gasteiger partial charge is 0.258 e. The maximum atomic E-state index is 11.6. The van der Waals surface area contributed by atoms with Gasteiger partial charge in [0.25, 0.3) is 11.8 Å². The number of nitrogens with one attached hydrogen (secondary N) is 1. The predicted molar refractivity (Wildman–Crippen MR) is 235 cm³/mol. The number of carbonyl (C=O) groups excluding carboxylic acids is 1. The zero-order valence-electron chi connectivity index (χ0n) is 36.4. The zero-order valence-corrected chi connectivity index (χ0v) is 36.4. The fraction of sp³-hybridized carbons (Fsp3) is 0.367. The third kappa shape index (κ3) is 9.60. The minimum absolute atomic E-state index is 0.00576. The summed E-state index contributed by atoms with van der Waals surface area (Å²) in [6.45, 7) is 12.9. The first-order valence-corrected chi connectivity index (χ1v) is 21.2. The van der Waals surface area contributed by atoms with Gasteiger partial charge in [0.1, 0.15) is 29.4 Å². The number of nitriles is 2. The Labute approximate surface area is 362 Å². The van der Waals surface area contributed by atoms with Gasteiger partial charge in [0.15, 0.2) is 0 Å². The molecule has 0 saturated heterocycles. The summed E-state index contributed by atoms with van der Waals surface area (Å²) >= 11 is 0. The number of benzene rings is 4. The summed E-state index contributed by atoms with van der Waals surface area (Å²) in [5.41, 5.74) is 9.23. The molecule has 62 heavy (non-hydrogen) atoms. The van der Waals surface area contributed by atoms with Crippen LogP contribution in [-0.2, 0) is 17.6 Å². The van der Waals surface area contributed by atoms with Gasteiger partial charge in [0.05, 0.1) is 29.9 Å². The van der Waals surface area contributed by atoms with Crippen molar-refractivity contribution in [1.82, 2.24) is 30.5 Å². The van der Waals surface area contributed by atoms with E-state index in [1.165, 1.54) is 22.3 Å². The van der Waals surface area contributed by atoms with E-state index in [0.29, 0.717) is 69.8 Å². The SMILES string of the molecule is CC(=O)CN(C)[C@H]1CCc2c(-c3noc(-c4ccc(OC(C)C)c(C#N)c4)n3)cccc21.CCCN[C@@H]1CCc2c(-c3noc(-c4ccc(OC(C)C)c(C#N)c4)n3)cccc21. The summed E-state index contributed by atoms with van der Waals surface area (Å²) in [4.78, 5) is 22.9. The van der Waals surface area contributed by atoms with Crippen LogP contribution in [0.4, 0.5) is 0 Å². The van der Waals surface area contributed by atoms with E-state index in [2.05, 4.69) is 73.8 Å². The van der Waals surface area contributed by atoms with Gasteiger partial charge in [-0.05, 0) is 139 Å². The van der Waals surface area contributed by atoms with E-state index in [0.717, 1.165) is 49.8 Å². The largest absolute Gasteiger partial charge is 0.490 e. The summed E-state index contributed by atoms with van der Waals surface area (Å²) in [5, 5.41) is 31.0. The number of fused-ring (bicyclic) bond motifs is 2. The lowest BCUT2D eigenvalue weighted by Crippen LogP contribution is -2.27. The molecule has 2 atom stereocenters. The molecule has 4 aromatic carbocycles. The predicted octanol–water partition coefficient (Wildman–Crippen LogP) is 9.62. The molecule has 0 spiro atoms. The molecule has 2 heterocycles. The van der Waals surface area contributed by atoms with E-state index < -0.39 is 0 Å². The van der Waals surface area contributed by atoms with E-state index in [9.17, 15) is 15.3 Å². The van der Waals surface area contributed by atoms with Gasteiger partial charge >= 0.3 is 0 Å². The van der Waals surface area contributed by atoms with Crippen LogP contribution in [0.15, 0.2) is 81.8 Å². The first kappa shape index (κ1) is 43.4. The van der Waals surface area contributed by atoms with Crippen LogP contribution in [0.5, 0.6) is 11.5 Å².